The number of imidazole rings is 1. The molecular weight excluding hydrogens is 798 g/mol. The second kappa shape index (κ2) is 20.3. The summed E-state index contributed by atoms with van der Waals surface area (Å²) >= 11 is 5.60. The van der Waals surface area contributed by atoms with Gasteiger partial charge in [0.25, 0.3) is 5.56 Å². The van der Waals surface area contributed by atoms with Crippen molar-refractivity contribution in [2.75, 3.05) is 46.6 Å². The Morgan fingerprint density at radius 3 is 2.12 bits per heavy atom. The molecule has 4 heterocycles. The number of aryl methyl sites for hydroxylation is 2. The summed E-state index contributed by atoms with van der Waals surface area (Å²) < 4.78 is 33.4. The lowest BCUT2D eigenvalue weighted by molar-refractivity contribution is 0.0687. The molecule has 1 fully saturated rings. The molecular formula is C46H54ClN7O5S. The Kier molecular flexibility index (Phi) is 15.0. The number of likely N-dealkylation sites (N-methyl/N-ethyl adjacent to an activating group) is 2. The topological polar surface area (TPSA) is 138 Å². The van der Waals surface area contributed by atoms with Crippen LogP contribution in [0.5, 0.6) is 0 Å². The van der Waals surface area contributed by atoms with Crippen LogP contribution in [0.2, 0.25) is 5.28 Å². The zero-order valence-corrected chi connectivity index (χ0v) is 36.4. The number of ether oxygens (including phenoxy) is 1. The molecule has 1 atom stereocenters. The second-order valence-electron chi connectivity index (χ2n) is 15.4. The van der Waals surface area contributed by atoms with E-state index in [1.807, 2.05) is 24.3 Å². The van der Waals surface area contributed by atoms with Crippen LogP contribution in [0.25, 0.3) is 22.1 Å². The number of halogens is 1. The summed E-state index contributed by atoms with van der Waals surface area (Å²) in [6, 6.07) is 36.3. The van der Waals surface area contributed by atoms with Gasteiger partial charge in [-0.1, -0.05) is 84.9 Å². The van der Waals surface area contributed by atoms with Crippen LogP contribution < -0.4 is 11.2 Å². The van der Waals surface area contributed by atoms with Crippen molar-refractivity contribution in [2.45, 2.75) is 42.7 Å². The van der Waals surface area contributed by atoms with Crippen molar-refractivity contribution < 1.29 is 13.2 Å². The summed E-state index contributed by atoms with van der Waals surface area (Å²) in [6.45, 7) is 2.83. The maximum Gasteiger partial charge on any atom is 0.332 e. The van der Waals surface area contributed by atoms with Crippen LogP contribution in [0.15, 0.2) is 130 Å². The van der Waals surface area contributed by atoms with Gasteiger partial charge in [0, 0.05) is 43.8 Å². The minimum Gasteiger partial charge on any atom is -0.367 e. The summed E-state index contributed by atoms with van der Waals surface area (Å²) in [4.78, 5) is 37.7. The fourth-order valence-electron chi connectivity index (χ4n) is 7.33. The minimum absolute atomic E-state index is 0.0161. The third-order valence-corrected chi connectivity index (χ3v) is 12.7. The fourth-order valence-corrected chi connectivity index (χ4v) is 8.82. The van der Waals surface area contributed by atoms with Crippen molar-refractivity contribution in [1.82, 2.24) is 33.9 Å². The Hall–Kier alpha value is -5.31. The predicted octanol–water partition coefficient (Wildman–Crippen LogP) is 6.79. The lowest BCUT2D eigenvalue weighted by Gasteiger charge is -2.20. The Morgan fingerprint density at radius 1 is 0.883 bits per heavy atom. The number of benzene rings is 4. The third-order valence-electron chi connectivity index (χ3n) is 10.8. The normalized spacial score (nSPS) is 14.4. The first-order valence-electron chi connectivity index (χ1n) is 20.1. The van der Waals surface area contributed by atoms with Crippen molar-refractivity contribution >= 4 is 43.5 Å². The van der Waals surface area contributed by atoms with E-state index in [-0.39, 0.29) is 28.3 Å². The van der Waals surface area contributed by atoms with Crippen LogP contribution >= 0.6 is 11.6 Å². The molecule has 0 spiro atoms. The minimum atomic E-state index is -3.25. The molecule has 14 heteroatoms. The van der Waals surface area contributed by atoms with Crippen LogP contribution in [-0.4, -0.2) is 94.9 Å². The first-order valence-corrected chi connectivity index (χ1v) is 22.1. The lowest BCUT2D eigenvalue weighted by atomic mass is 10.0. The summed E-state index contributed by atoms with van der Waals surface area (Å²) in [5, 5.41) is 1.32. The standard InChI is InChI=1S/C22H26N2O2S.C17H21NO.C7H7ClN4O2/c1-24-12-5-6-19(24)15-18-16-23-22-10-9-17(14-21(18)22)11-13-27(25,26)20-7-3-2-4-8-20;1-18(2)13-14-19-17(15-9-5-3-6-10-15)16-11-7-4-8-12-16;1-11-4-3(9-6(8)10-4)5(13)12(2)7(11)14/h2-4,7-10,14,16,19,23H,5-6,11-13,15H2,1H3;3-12,17H,13-14H2,1-2H3;1-2H3,(H,9,10)/t19-;;/m1../s1. The Bertz CT molecular complexity index is 2660. The van der Waals surface area contributed by atoms with Gasteiger partial charge in [-0.05, 0) is 111 Å². The number of aromatic nitrogens is 5. The highest BCUT2D eigenvalue weighted by molar-refractivity contribution is 7.91. The maximum absolute atomic E-state index is 12.5. The molecule has 0 saturated carbocycles. The molecule has 4 aromatic carbocycles. The number of rotatable bonds is 12. The smallest absolute Gasteiger partial charge is 0.332 e. The van der Waals surface area contributed by atoms with E-state index in [0.717, 1.165) is 35.2 Å². The average Bonchev–Trinajstić information content (AvgIpc) is 3.99. The number of hydrogen-bond donors (Lipinski definition) is 2. The van der Waals surface area contributed by atoms with E-state index in [1.165, 1.54) is 60.1 Å². The number of sulfone groups is 1. The molecule has 2 N–H and O–H groups in total. The summed E-state index contributed by atoms with van der Waals surface area (Å²) in [7, 11) is 6.00. The predicted molar refractivity (Wildman–Crippen MR) is 241 cm³/mol. The third kappa shape index (κ3) is 11.1. The van der Waals surface area contributed by atoms with Gasteiger partial charge in [-0.25, -0.2) is 13.2 Å². The summed E-state index contributed by atoms with van der Waals surface area (Å²) in [5.41, 5.74) is 5.58. The quantitative estimate of drug-likeness (QED) is 0.128. The second-order valence-corrected chi connectivity index (χ2v) is 17.8. The number of nitrogens with one attached hydrogen (secondary N) is 2. The first-order chi connectivity index (χ1) is 28.8. The van der Waals surface area contributed by atoms with Crippen LogP contribution in [-0.2, 0) is 41.5 Å². The number of likely N-dealkylation sites (tertiary alicyclic amines) is 1. The largest absolute Gasteiger partial charge is 0.367 e. The van der Waals surface area contributed by atoms with E-state index in [4.69, 9.17) is 16.3 Å². The average molecular weight is 853 g/mol. The lowest BCUT2D eigenvalue weighted by Crippen LogP contribution is -2.36. The van der Waals surface area contributed by atoms with Gasteiger partial charge in [0.15, 0.2) is 21.0 Å². The number of H-pyrrole nitrogens is 2. The number of aromatic amines is 2. The van der Waals surface area contributed by atoms with Gasteiger partial charge >= 0.3 is 5.69 Å². The van der Waals surface area contributed by atoms with Crippen molar-refractivity contribution in [3.8, 4) is 0 Å². The van der Waals surface area contributed by atoms with Crippen molar-refractivity contribution in [1.29, 1.82) is 0 Å². The molecule has 1 saturated heterocycles. The SMILES string of the molecule is CN(C)CCOC(c1ccccc1)c1ccccc1.CN1CCC[C@@H]1Cc1c[nH]c2ccc(CCS(=O)(=O)c3ccccc3)cc12.Cn1c(=O)c2[nH]c(Cl)nc2n(C)c1=O. The van der Waals surface area contributed by atoms with Gasteiger partial charge < -0.3 is 24.5 Å². The summed E-state index contributed by atoms with van der Waals surface area (Å²) in [6.07, 6.45) is 6.22. The molecule has 316 valence electrons. The summed E-state index contributed by atoms with van der Waals surface area (Å²) in [5.74, 6) is 0.133. The van der Waals surface area contributed by atoms with Crippen LogP contribution in [0.3, 0.4) is 0 Å². The highest BCUT2D eigenvalue weighted by Gasteiger charge is 2.22. The van der Waals surface area contributed by atoms with E-state index in [2.05, 4.69) is 113 Å². The van der Waals surface area contributed by atoms with Gasteiger partial charge in [-0.2, -0.15) is 4.98 Å². The molecule has 0 bridgehead atoms. The van der Waals surface area contributed by atoms with Gasteiger partial charge in [0.05, 0.1) is 17.3 Å². The molecule has 0 unspecified atom stereocenters. The molecule has 1 aliphatic rings. The monoisotopic (exact) mass is 851 g/mol. The first kappa shape index (κ1) is 44.2. The van der Waals surface area contributed by atoms with Crippen LogP contribution in [0.4, 0.5) is 0 Å². The van der Waals surface area contributed by atoms with Crippen LogP contribution in [0, 0.1) is 0 Å². The number of hydrogen-bond acceptors (Lipinski definition) is 8. The molecule has 0 aliphatic carbocycles. The van der Waals surface area contributed by atoms with Gasteiger partial charge in [0.2, 0.25) is 5.28 Å². The van der Waals surface area contributed by atoms with E-state index in [1.54, 1.807) is 24.3 Å². The van der Waals surface area contributed by atoms with E-state index < -0.39 is 21.1 Å². The van der Waals surface area contributed by atoms with E-state index in [9.17, 15) is 18.0 Å². The molecule has 1 aliphatic heterocycles. The molecule has 60 heavy (non-hydrogen) atoms. The number of fused-ring (bicyclic) bond motifs is 2. The van der Waals surface area contributed by atoms with Crippen molar-refractivity contribution in [2.24, 2.45) is 14.1 Å². The molecule has 8 rings (SSSR count). The van der Waals surface area contributed by atoms with E-state index in [0.29, 0.717) is 17.4 Å². The molecule has 12 nitrogen and oxygen atoms in total. The van der Waals surface area contributed by atoms with Crippen molar-refractivity contribution in [3.63, 3.8) is 0 Å². The molecule has 0 amide bonds. The maximum atomic E-state index is 12.5. The molecule has 3 aromatic heterocycles. The highest BCUT2D eigenvalue weighted by Crippen LogP contribution is 2.27. The molecule has 0 radical (unpaired) electrons. The van der Waals surface area contributed by atoms with E-state index >= 15 is 0 Å². The zero-order chi connectivity index (χ0) is 42.8. The van der Waals surface area contributed by atoms with Gasteiger partial charge in [-0.15, -0.1) is 0 Å². The molecule has 7 aromatic rings. The fraction of sp³-hybridized carbons (Fsp3) is 0.326. The Balaban J connectivity index is 0.000000160. The van der Waals surface area contributed by atoms with Crippen molar-refractivity contribution in [3.05, 3.63) is 164 Å². The highest BCUT2D eigenvalue weighted by atomic mass is 35.5. The van der Waals surface area contributed by atoms with Gasteiger partial charge in [0.1, 0.15) is 6.10 Å². The Labute approximate surface area is 356 Å². The Morgan fingerprint density at radius 2 is 1.52 bits per heavy atom. The zero-order valence-electron chi connectivity index (χ0n) is 34.8. The van der Waals surface area contributed by atoms with Gasteiger partial charge in [-0.3, -0.25) is 13.9 Å². The number of nitrogens with zero attached hydrogens (tertiary/aromatic N) is 5. The van der Waals surface area contributed by atoms with Crippen LogP contribution in [0.1, 0.15) is 41.2 Å².